The van der Waals surface area contributed by atoms with Gasteiger partial charge in [-0.15, -0.1) is 23.2 Å². The van der Waals surface area contributed by atoms with Gasteiger partial charge < -0.3 is 10.6 Å². The quantitative estimate of drug-likeness (QED) is 0.231. The first-order valence-electron chi connectivity index (χ1n) is 10.3. The predicted molar refractivity (Wildman–Crippen MR) is 132 cm³/mol. The molecule has 34 heavy (non-hydrogen) atoms. The number of para-hydroxylation sites is 1. The van der Waals surface area contributed by atoms with E-state index in [0.29, 0.717) is 33.1 Å². The number of amides is 2. The minimum Gasteiger partial charge on any atom is -0.346 e. The number of thioether (sulfide) groups is 1. The molecule has 2 aromatic heterocycles. The van der Waals surface area contributed by atoms with E-state index in [0.717, 1.165) is 11.8 Å². The molecule has 4 rings (SSSR count). The third-order valence-electron chi connectivity index (χ3n) is 4.88. The first kappa shape index (κ1) is 22.8. The predicted octanol–water partition coefficient (Wildman–Crippen LogP) is 2.06. The molecule has 0 aliphatic rings. The van der Waals surface area contributed by atoms with Crippen molar-refractivity contribution >= 4 is 45.9 Å². The molecule has 0 saturated carbocycles. The maximum absolute atomic E-state index is 12.8. The lowest BCUT2D eigenvalue weighted by molar-refractivity contribution is -0.122. The van der Waals surface area contributed by atoms with Crippen LogP contribution in [-0.2, 0) is 16.1 Å². The van der Waals surface area contributed by atoms with Crippen molar-refractivity contribution < 1.29 is 9.59 Å². The van der Waals surface area contributed by atoms with Crippen LogP contribution >= 0.6 is 11.8 Å². The van der Waals surface area contributed by atoms with Crippen LogP contribution in [0.2, 0.25) is 0 Å². The van der Waals surface area contributed by atoms with Crippen LogP contribution < -0.4 is 16.2 Å². The van der Waals surface area contributed by atoms with Gasteiger partial charge >= 0.3 is 0 Å². The first-order chi connectivity index (χ1) is 16.5. The highest BCUT2D eigenvalue weighted by molar-refractivity contribution is 7.99. The number of nitrogens with zero attached hydrogens (tertiary/aromatic N) is 4. The number of aromatic nitrogens is 4. The monoisotopic (exact) mass is 472 g/mol. The van der Waals surface area contributed by atoms with E-state index in [2.05, 4.69) is 33.3 Å². The summed E-state index contributed by atoms with van der Waals surface area (Å²) in [6.07, 6.45) is 6.97. The molecule has 2 amide bonds. The Hall–Kier alpha value is -4.36. The Labute approximate surface area is 198 Å². The molecule has 0 unspecified atom stereocenters. The highest BCUT2D eigenvalue weighted by atomic mass is 32.2. The van der Waals surface area contributed by atoms with Gasteiger partial charge in [0.05, 0.1) is 23.2 Å². The summed E-state index contributed by atoms with van der Waals surface area (Å²) in [5.41, 5.74) is 1.65. The summed E-state index contributed by atoms with van der Waals surface area (Å²) in [5, 5.41) is 14.6. The molecule has 4 aromatic rings. The Morgan fingerprint density at radius 3 is 2.76 bits per heavy atom. The molecule has 9 nitrogen and oxygen atoms in total. The van der Waals surface area contributed by atoms with E-state index in [9.17, 15) is 14.4 Å². The molecule has 0 saturated heterocycles. The van der Waals surface area contributed by atoms with Gasteiger partial charge in [-0.25, -0.2) is 0 Å². The Bertz CT molecular complexity index is 1510. The molecular formula is C24H20N6O3S. The standard InChI is InChI=1S/C24H20N6O3S/c1-3-12-29-22(33)18-10-5-6-11-19(18)30-23(29)27-28-24(30)34-15-21(32)25-14-20(31)26-17-9-7-8-16(4-2)13-17/h2-3,5-11,13H,1,12,14-15H2,(H,25,32)(H,26,31). The molecule has 0 aliphatic heterocycles. The summed E-state index contributed by atoms with van der Waals surface area (Å²) in [5.74, 6) is 2.14. The summed E-state index contributed by atoms with van der Waals surface area (Å²) in [6.45, 7) is 3.78. The molecule has 0 fully saturated rings. The number of nitrogens with one attached hydrogen (secondary N) is 2. The van der Waals surface area contributed by atoms with Gasteiger partial charge in [0, 0.05) is 17.8 Å². The van der Waals surface area contributed by atoms with Crippen molar-refractivity contribution in [1.82, 2.24) is 24.5 Å². The zero-order valence-corrected chi connectivity index (χ0v) is 18.8. The van der Waals surface area contributed by atoms with Gasteiger partial charge in [0.25, 0.3) is 5.56 Å². The number of hydrogen-bond donors (Lipinski definition) is 2. The van der Waals surface area contributed by atoms with E-state index >= 15 is 0 Å². The van der Waals surface area contributed by atoms with E-state index in [-0.39, 0.29) is 36.2 Å². The summed E-state index contributed by atoms with van der Waals surface area (Å²) >= 11 is 1.15. The van der Waals surface area contributed by atoms with Crippen LogP contribution in [0.1, 0.15) is 5.56 Å². The second-order valence-electron chi connectivity index (χ2n) is 7.18. The largest absolute Gasteiger partial charge is 0.346 e. The van der Waals surface area contributed by atoms with Gasteiger partial charge in [0.1, 0.15) is 0 Å². The van der Waals surface area contributed by atoms with Gasteiger partial charge in [-0.05, 0) is 30.3 Å². The lowest BCUT2D eigenvalue weighted by Crippen LogP contribution is -2.33. The first-order valence-corrected chi connectivity index (χ1v) is 11.2. The molecule has 0 spiro atoms. The van der Waals surface area contributed by atoms with Crippen molar-refractivity contribution in [2.45, 2.75) is 11.7 Å². The van der Waals surface area contributed by atoms with Crippen LogP contribution in [0.3, 0.4) is 0 Å². The maximum Gasteiger partial charge on any atom is 0.263 e. The van der Waals surface area contributed by atoms with E-state index in [1.54, 1.807) is 52.9 Å². The van der Waals surface area contributed by atoms with Crippen LogP contribution in [-0.4, -0.2) is 43.3 Å². The molecule has 170 valence electrons. The number of hydrogen-bond acceptors (Lipinski definition) is 6. The van der Waals surface area contributed by atoms with Gasteiger partial charge in [0.15, 0.2) is 5.16 Å². The number of fused-ring (bicyclic) bond motifs is 3. The van der Waals surface area contributed by atoms with Crippen LogP contribution in [0.5, 0.6) is 0 Å². The van der Waals surface area contributed by atoms with E-state index in [4.69, 9.17) is 6.42 Å². The van der Waals surface area contributed by atoms with Crippen molar-refractivity contribution in [3.63, 3.8) is 0 Å². The Morgan fingerprint density at radius 2 is 1.97 bits per heavy atom. The normalized spacial score (nSPS) is 10.7. The number of anilines is 1. The molecule has 2 N–H and O–H groups in total. The van der Waals surface area contributed by atoms with Crippen molar-refractivity contribution in [2.24, 2.45) is 0 Å². The third kappa shape index (κ3) is 4.69. The number of rotatable bonds is 8. The van der Waals surface area contributed by atoms with Crippen LogP contribution in [0.25, 0.3) is 16.7 Å². The molecule has 10 heteroatoms. The molecular weight excluding hydrogens is 452 g/mol. The Balaban J connectivity index is 1.45. The number of benzene rings is 2. The smallest absolute Gasteiger partial charge is 0.263 e. The molecule has 0 bridgehead atoms. The summed E-state index contributed by atoms with van der Waals surface area (Å²) in [6, 6.07) is 14.0. The molecule has 2 heterocycles. The van der Waals surface area contributed by atoms with Crippen molar-refractivity contribution in [3.05, 3.63) is 77.1 Å². The number of carbonyl (C=O) groups is 2. The number of terminal acetylenes is 1. The summed E-state index contributed by atoms with van der Waals surface area (Å²) in [7, 11) is 0. The average Bonchev–Trinajstić information content (AvgIpc) is 3.28. The highest BCUT2D eigenvalue weighted by Gasteiger charge is 2.17. The fourth-order valence-electron chi connectivity index (χ4n) is 3.37. The molecule has 0 radical (unpaired) electrons. The van der Waals surface area contributed by atoms with Crippen LogP contribution in [0, 0.1) is 12.3 Å². The minimum atomic E-state index is -0.375. The lowest BCUT2D eigenvalue weighted by Gasteiger charge is -2.10. The Kier molecular flexibility index (Phi) is 6.75. The second kappa shape index (κ2) is 10.1. The zero-order chi connectivity index (χ0) is 24.1. The average molecular weight is 473 g/mol. The third-order valence-corrected chi connectivity index (χ3v) is 5.81. The summed E-state index contributed by atoms with van der Waals surface area (Å²) < 4.78 is 3.22. The SMILES string of the molecule is C#Cc1cccc(NC(=O)CNC(=O)CSc2nnc3n(CC=C)c(=O)c4ccccc4n23)c1. The van der Waals surface area contributed by atoms with Gasteiger partial charge in [-0.2, -0.15) is 0 Å². The number of carbonyl (C=O) groups excluding carboxylic acids is 2. The Morgan fingerprint density at radius 1 is 1.15 bits per heavy atom. The van der Waals surface area contributed by atoms with E-state index in [1.165, 1.54) is 4.57 Å². The second-order valence-corrected chi connectivity index (χ2v) is 8.12. The van der Waals surface area contributed by atoms with Crippen LogP contribution in [0.15, 0.2) is 71.1 Å². The minimum absolute atomic E-state index is 0.00949. The van der Waals surface area contributed by atoms with Crippen LogP contribution in [0.4, 0.5) is 5.69 Å². The van der Waals surface area contributed by atoms with Crippen molar-refractivity contribution in [2.75, 3.05) is 17.6 Å². The topological polar surface area (TPSA) is 110 Å². The number of allylic oxidation sites excluding steroid dienone is 1. The molecule has 0 atom stereocenters. The fourth-order valence-corrected chi connectivity index (χ4v) is 4.14. The fraction of sp³-hybridized carbons (Fsp3) is 0.125. The maximum atomic E-state index is 12.8. The van der Waals surface area contributed by atoms with E-state index < -0.39 is 0 Å². The van der Waals surface area contributed by atoms with Crippen molar-refractivity contribution in [1.29, 1.82) is 0 Å². The molecule has 2 aromatic carbocycles. The van der Waals surface area contributed by atoms with Gasteiger partial charge in [-0.1, -0.05) is 42.0 Å². The van der Waals surface area contributed by atoms with Crippen molar-refractivity contribution in [3.8, 4) is 12.3 Å². The zero-order valence-electron chi connectivity index (χ0n) is 18.0. The lowest BCUT2D eigenvalue weighted by atomic mass is 10.2. The van der Waals surface area contributed by atoms with E-state index in [1.807, 2.05) is 6.07 Å². The van der Waals surface area contributed by atoms with Gasteiger partial charge in [0.2, 0.25) is 17.6 Å². The summed E-state index contributed by atoms with van der Waals surface area (Å²) in [4.78, 5) is 37.3. The highest BCUT2D eigenvalue weighted by Crippen LogP contribution is 2.21. The molecule has 0 aliphatic carbocycles. The van der Waals surface area contributed by atoms with Gasteiger partial charge in [-0.3, -0.25) is 23.4 Å².